The SMILES string of the molecule is O=C(O)CNCC1CCCN(Cc2ccc(I)cc2)C1. The van der Waals surface area contributed by atoms with Gasteiger partial charge in [0.15, 0.2) is 0 Å². The quantitative estimate of drug-likeness (QED) is 0.734. The molecule has 0 radical (unpaired) electrons. The summed E-state index contributed by atoms with van der Waals surface area (Å²) in [6.45, 7) is 4.05. The third-order valence-electron chi connectivity index (χ3n) is 3.63. The van der Waals surface area contributed by atoms with Crippen LogP contribution in [0.5, 0.6) is 0 Å². The molecule has 1 aromatic carbocycles. The minimum absolute atomic E-state index is 0.0631. The average Bonchev–Trinajstić information content (AvgIpc) is 2.41. The molecule has 110 valence electrons. The first kappa shape index (κ1) is 15.7. The number of halogens is 1. The molecule has 1 aromatic rings. The van der Waals surface area contributed by atoms with Crippen LogP contribution in [0, 0.1) is 9.49 Å². The van der Waals surface area contributed by atoms with E-state index in [2.05, 4.69) is 57.1 Å². The van der Waals surface area contributed by atoms with Crippen molar-refractivity contribution in [2.45, 2.75) is 19.4 Å². The standard InChI is InChI=1S/C15H21IN2O2/c16-14-5-3-12(4-6-14)10-18-7-1-2-13(11-18)8-17-9-15(19)20/h3-6,13,17H,1-2,7-11H2,(H,19,20). The topological polar surface area (TPSA) is 52.6 Å². The maximum atomic E-state index is 10.5. The second-order valence-electron chi connectivity index (χ2n) is 5.39. The second kappa shape index (κ2) is 7.95. The molecule has 1 aliphatic rings. The van der Waals surface area contributed by atoms with Crippen molar-refractivity contribution in [1.29, 1.82) is 0 Å². The molecule has 20 heavy (non-hydrogen) atoms. The third kappa shape index (κ3) is 5.38. The first-order valence-corrected chi connectivity index (χ1v) is 8.10. The van der Waals surface area contributed by atoms with Crippen LogP contribution in [-0.2, 0) is 11.3 Å². The van der Waals surface area contributed by atoms with Gasteiger partial charge < -0.3 is 10.4 Å². The highest BCUT2D eigenvalue weighted by Crippen LogP contribution is 2.18. The summed E-state index contributed by atoms with van der Waals surface area (Å²) in [6, 6.07) is 8.67. The van der Waals surface area contributed by atoms with Crippen molar-refractivity contribution < 1.29 is 9.90 Å². The highest BCUT2D eigenvalue weighted by Gasteiger charge is 2.19. The van der Waals surface area contributed by atoms with E-state index in [0.29, 0.717) is 5.92 Å². The number of carboxylic acids is 1. The summed E-state index contributed by atoms with van der Waals surface area (Å²) >= 11 is 2.32. The Labute approximate surface area is 133 Å². The molecule has 0 aliphatic carbocycles. The van der Waals surface area contributed by atoms with E-state index in [4.69, 9.17) is 5.11 Å². The summed E-state index contributed by atoms with van der Waals surface area (Å²) < 4.78 is 1.26. The molecule has 1 atom stereocenters. The lowest BCUT2D eigenvalue weighted by atomic mass is 9.97. The van der Waals surface area contributed by atoms with Crippen molar-refractivity contribution in [3.05, 3.63) is 33.4 Å². The molecule has 1 heterocycles. The summed E-state index contributed by atoms with van der Waals surface area (Å²) in [5, 5.41) is 11.7. The van der Waals surface area contributed by atoms with E-state index < -0.39 is 5.97 Å². The minimum Gasteiger partial charge on any atom is -0.480 e. The van der Waals surface area contributed by atoms with E-state index in [1.807, 2.05) is 0 Å². The fourth-order valence-corrected chi connectivity index (χ4v) is 3.05. The van der Waals surface area contributed by atoms with E-state index in [9.17, 15) is 4.79 Å². The van der Waals surface area contributed by atoms with Gasteiger partial charge in [0.25, 0.3) is 0 Å². The molecule has 0 bridgehead atoms. The van der Waals surface area contributed by atoms with Crippen molar-refractivity contribution in [2.75, 3.05) is 26.2 Å². The van der Waals surface area contributed by atoms with Crippen molar-refractivity contribution >= 4 is 28.6 Å². The Morgan fingerprint density at radius 1 is 1.40 bits per heavy atom. The van der Waals surface area contributed by atoms with Crippen LogP contribution in [0.25, 0.3) is 0 Å². The van der Waals surface area contributed by atoms with Gasteiger partial charge in [-0.1, -0.05) is 12.1 Å². The average molecular weight is 388 g/mol. The Balaban J connectivity index is 1.78. The Hall–Kier alpha value is -0.660. The van der Waals surface area contributed by atoms with Gasteiger partial charge in [-0.2, -0.15) is 0 Å². The molecular formula is C15H21IN2O2. The van der Waals surface area contributed by atoms with Crippen LogP contribution >= 0.6 is 22.6 Å². The minimum atomic E-state index is -0.781. The lowest BCUT2D eigenvalue weighted by molar-refractivity contribution is -0.136. The second-order valence-corrected chi connectivity index (χ2v) is 6.64. The van der Waals surface area contributed by atoms with Crippen molar-refractivity contribution in [2.24, 2.45) is 5.92 Å². The predicted octanol–water partition coefficient (Wildman–Crippen LogP) is 2.18. The molecule has 0 saturated carbocycles. The van der Waals surface area contributed by atoms with Gasteiger partial charge in [0, 0.05) is 16.7 Å². The largest absolute Gasteiger partial charge is 0.480 e. The van der Waals surface area contributed by atoms with Gasteiger partial charge in [-0.15, -0.1) is 0 Å². The maximum Gasteiger partial charge on any atom is 0.317 e. The van der Waals surface area contributed by atoms with Gasteiger partial charge >= 0.3 is 5.97 Å². The number of carbonyl (C=O) groups is 1. The first-order chi connectivity index (χ1) is 9.63. The van der Waals surface area contributed by atoms with E-state index >= 15 is 0 Å². The Kier molecular flexibility index (Phi) is 6.25. The summed E-state index contributed by atoms with van der Waals surface area (Å²) in [6.07, 6.45) is 2.39. The lowest BCUT2D eigenvalue weighted by Crippen LogP contribution is -2.40. The molecule has 2 rings (SSSR count). The van der Waals surface area contributed by atoms with Crippen LogP contribution in [0.3, 0.4) is 0 Å². The van der Waals surface area contributed by atoms with Gasteiger partial charge in [-0.3, -0.25) is 9.69 Å². The number of carboxylic acid groups (broad SMARTS) is 1. The molecule has 5 heteroatoms. The number of aliphatic carboxylic acids is 1. The maximum absolute atomic E-state index is 10.5. The summed E-state index contributed by atoms with van der Waals surface area (Å²) in [5.41, 5.74) is 1.35. The van der Waals surface area contributed by atoms with Crippen LogP contribution in [0.1, 0.15) is 18.4 Å². The van der Waals surface area contributed by atoms with Gasteiger partial charge in [0.1, 0.15) is 0 Å². The molecule has 1 unspecified atom stereocenters. The molecule has 1 fully saturated rings. The number of benzene rings is 1. The first-order valence-electron chi connectivity index (χ1n) is 7.03. The molecule has 0 amide bonds. The van der Waals surface area contributed by atoms with E-state index in [0.717, 1.165) is 26.2 Å². The van der Waals surface area contributed by atoms with Gasteiger partial charge in [0.05, 0.1) is 6.54 Å². The van der Waals surface area contributed by atoms with Crippen LogP contribution in [0.15, 0.2) is 24.3 Å². The number of piperidine rings is 1. The summed E-state index contributed by atoms with van der Waals surface area (Å²) in [5.74, 6) is -0.219. The monoisotopic (exact) mass is 388 g/mol. The van der Waals surface area contributed by atoms with E-state index in [-0.39, 0.29) is 6.54 Å². The number of rotatable bonds is 6. The lowest BCUT2D eigenvalue weighted by Gasteiger charge is -2.32. The summed E-state index contributed by atoms with van der Waals surface area (Å²) in [7, 11) is 0. The zero-order valence-electron chi connectivity index (χ0n) is 11.5. The molecular weight excluding hydrogens is 367 g/mol. The van der Waals surface area contributed by atoms with Gasteiger partial charge in [-0.05, 0) is 72.1 Å². The fourth-order valence-electron chi connectivity index (χ4n) is 2.69. The summed E-state index contributed by atoms with van der Waals surface area (Å²) in [4.78, 5) is 13.0. The number of hydrogen-bond acceptors (Lipinski definition) is 3. The number of hydrogen-bond donors (Lipinski definition) is 2. The number of nitrogens with zero attached hydrogens (tertiary/aromatic N) is 1. The van der Waals surface area contributed by atoms with Gasteiger partial charge in [0.2, 0.25) is 0 Å². The van der Waals surface area contributed by atoms with E-state index in [1.165, 1.54) is 22.0 Å². The highest BCUT2D eigenvalue weighted by molar-refractivity contribution is 14.1. The molecule has 2 N–H and O–H groups in total. The molecule has 4 nitrogen and oxygen atoms in total. The zero-order valence-corrected chi connectivity index (χ0v) is 13.7. The molecule has 1 aliphatic heterocycles. The zero-order chi connectivity index (χ0) is 14.4. The Bertz CT molecular complexity index is 436. The molecule has 0 aromatic heterocycles. The predicted molar refractivity (Wildman–Crippen MR) is 87.7 cm³/mol. The Morgan fingerprint density at radius 2 is 2.15 bits per heavy atom. The molecule has 1 saturated heterocycles. The van der Waals surface area contributed by atoms with Crippen LogP contribution in [0.4, 0.5) is 0 Å². The molecule has 0 spiro atoms. The normalized spacial score (nSPS) is 19.9. The van der Waals surface area contributed by atoms with Crippen LogP contribution < -0.4 is 5.32 Å². The number of nitrogens with one attached hydrogen (secondary N) is 1. The van der Waals surface area contributed by atoms with Crippen LogP contribution in [0.2, 0.25) is 0 Å². The van der Waals surface area contributed by atoms with Gasteiger partial charge in [-0.25, -0.2) is 0 Å². The Morgan fingerprint density at radius 3 is 2.85 bits per heavy atom. The highest BCUT2D eigenvalue weighted by atomic mass is 127. The van der Waals surface area contributed by atoms with Crippen molar-refractivity contribution in [3.63, 3.8) is 0 Å². The van der Waals surface area contributed by atoms with Crippen LogP contribution in [-0.4, -0.2) is 42.2 Å². The van der Waals surface area contributed by atoms with E-state index in [1.54, 1.807) is 0 Å². The smallest absolute Gasteiger partial charge is 0.317 e. The van der Waals surface area contributed by atoms with Crippen molar-refractivity contribution in [3.8, 4) is 0 Å². The number of likely N-dealkylation sites (tertiary alicyclic amines) is 1. The van der Waals surface area contributed by atoms with Crippen molar-refractivity contribution in [1.82, 2.24) is 10.2 Å². The fraction of sp³-hybridized carbons (Fsp3) is 0.533. The third-order valence-corrected chi connectivity index (χ3v) is 4.35.